The average molecular weight is 285 g/mol. The van der Waals surface area contributed by atoms with Gasteiger partial charge in [-0.05, 0) is 37.3 Å². The van der Waals surface area contributed by atoms with Gasteiger partial charge >= 0.3 is 5.97 Å². The normalized spacial score (nSPS) is 20.7. The van der Waals surface area contributed by atoms with Crippen LogP contribution in [0.15, 0.2) is 29.8 Å². The van der Waals surface area contributed by atoms with E-state index in [1.165, 1.54) is 31.3 Å². The summed E-state index contributed by atoms with van der Waals surface area (Å²) in [6.45, 7) is 2.26. The number of aromatic carboxylic acids is 1. The third-order valence-electron chi connectivity index (χ3n) is 4.83. The van der Waals surface area contributed by atoms with E-state index in [1.54, 1.807) is 12.1 Å². The van der Waals surface area contributed by atoms with Crippen LogP contribution in [0.3, 0.4) is 0 Å². The Kier molecular flexibility index (Phi) is 4.39. The summed E-state index contributed by atoms with van der Waals surface area (Å²) in [6.07, 6.45) is 9.73. The quantitative estimate of drug-likeness (QED) is 0.918. The third-order valence-corrected chi connectivity index (χ3v) is 4.83. The zero-order chi connectivity index (χ0) is 14.7. The second-order valence-electron chi connectivity index (χ2n) is 6.17. The molecule has 1 aliphatic heterocycles. The van der Waals surface area contributed by atoms with Crippen molar-refractivity contribution in [2.75, 3.05) is 13.1 Å². The predicted octanol–water partition coefficient (Wildman–Crippen LogP) is 3.81. The zero-order valence-corrected chi connectivity index (χ0v) is 12.4. The maximum Gasteiger partial charge on any atom is 0.336 e. The topological polar surface area (TPSA) is 40.5 Å². The maximum absolute atomic E-state index is 11.3. The molecule has 1 saturated carbocycles. The van der Waals surface area contributed by atoms with Gasteiger partial charge in [-0.1, -0.05) is 42.7 Å². The number of benzene rings is 1. The first-order valence-corrected chi connectivity index (χ1v) is 8.00. The number of likely N-dealkylation sites (tertiary alicyclic amines) is 1. The van der Waals surface area contributed by atoms with E-state index in [4.69, 9.17) is 0 Å². The third kappa shape index (κ3) is 3.35. The molecule has 0 aromatic heterocycles. The van der Waals surface area contributed by atoms with Gasteiger partial charge in [-0.2, -0.15) is 0 Å². The molecule has 0 bridgehead atoms. The van der Waals surface area contributed by atoms with Crippen LogP contribution < -0.4 is 0 Å². The fourth-order valence-corrected chi connectivity index (χ4v) is 3.63. The van der Waals surface area contributed by atoms with E-state index in [0.29, 0.717) is 5.56 Å². The molecule has 0 amide bonds. The van der Waals surface area contributed by atoms with Crippen LogP contribution in [0.5, 0.6) is 0 Å². The second kappa shape index (κ2) is 6.44. The summed E-state index contributed by atoms with van der Waals surface area (Å²) >= 11 is 0. The first-order valence-electron chi connectivity index (χ1n) is 8.00. The van der Waals surface area contributed by atoms with E-state index in [2.05, 4.69) is 11.0 Å². The van der Waals surface area contributed by atoms with Gasteiger partial charge in [0, 0.05) is 19.1 Å². The number of nitrogens with zero attached hydrogens (tertiary/aromatic N) is 1. The number of rotatable bonds is 3. The first kappa shape index (κ1) is 14.3. The summed E-state index contributed by atoms with van der Waals surface area (Å²) < 4.78 is 0. The average Bonchev–Trinajstić information content (AvgIpc) is 3.03. The Balaban J connectivity index is 1.67. The van der Waals surface area contributed by atoms with E-state index >= 15 is 0 Å². The van der Waals surface area contributed by atoms with Crippen LogP contribution in [0.4, 0.5) is 0 Å². The summed E-state index contributed by atoms with van der Waals surface area (Å²) in [6, 6.07) is 8.08. The van der Waals surface area contributed by atoms with Crippen LogP contribution >= 0.6 is 0 Å². The smallest absolute Gasteiger partial charge is 0.336 e. The molecule has 1 heterocycles. The zero-order valence-electron chi connectivity index (χ0n) is 12.4. The molecule has 21 heavy (non-hydrogen) atoms. The van der Waals surface area contributed by atoms with Crippen molar-refractivity contribution in [3.63, 3.8) is 0 Å². The van der Waals surface area contributed by atoms with Gasteiger partial charge in [0.25, 0.3) is 0 Å². The molecule has 2 fully saturated rings. The lowest BCUT2D eigenvalue weighted by Crippen LogP contribution is -2.38. The summed E-state index contributed by atoms with van der Waals surface area (Å²) in [5, 5.41) is 9.24. The molecular formula is C18H23NO2. The second-order valence-corrected chi connectivity index (χ2v) is 6.17. The molecular weight excluding hydrogens is 262 g/mol. The molecule has 112 valence electrons. The Morgan fingerprint density at radius 1 is 1.14 bits per heavy atom. The molecule has 1 aliphatic carbocycles. The molecule has 2 aliphatic rings. The van der Waals surface area contributed by atoms with Crippen molar-refractivity contribution in [3.05, 3.63) is 41.0 Å². The largest absolute Gasteiger partial charge is 0.478 e. The van der Waals surface area contributed by atoms with Crippen molar-refractivity contribution >= 4 is 12.0 Å². The van der Waals surface area contributed by atoms with Gasteiger partial charge in [0.2, 0.25) is 0 Å². The number of carboxylic acid groups (broad SMARTS) is 1. The van der Waals surface area contributed by atoms with Crippen molar-refractivity contribution in [3.8, 4) is 0 Å². The highest BCUT2D eigenvalue weighted by molar-refractivity contribution is 5.92. The van der Waals surface area contributed by atoms with Crippen molar-refractivity contribution in [2.24, 2.45) is 0 Å². The standard InChI is InChI=1S/C18H23NO2/c20-18(21)17-8-4-1-5-15(17)13-14-9-11-19(12-10-14)16-6-2-3-7-16/h1,4-5,8,13,16H,2-3,6-7,9-12H2,(H,20,21). The van der Waals surface area contributed by atoms with Gasteiger partial charge in [0.05, 0.1) is 5.56 Å². The van der Waals surface area contributed by atoms with E-state index in [0.717, 1.165) is 37.5 Å². The van der Waals surface area contributed by atoms with Gasteiger partial charge in [-0.15, -0.1) is 0 Å². The van der Waals surface area contributed by atoms with Gasteiger partial charge < -0.3 is 5.11 Å². The predicted molar refractivity (Wildman–Crippen MR) is 84.4 cm³/mol. The molecule has 1 saturated heterocycles. The molecule has 3 nitrogen and oxygen atoms in total. The first-order chi connectivity index (χ1) is 10.2. The highest BCUT2D eigenvalue weighted by Crippen LogP contribution is 2.28. The minimum absolute atomic E-state index is 0.406. The van der Waals surface area contributed by atoms with Crippen molar-refractivity contribution in [1.29, 1.82) is 0 Å². The maximum atomic E-state index is 11.3. The fourth-order valence-electron chi connectivity index (χ4n) is 3.63. The minimum Gasteiger partial charge on any atom is -0.478 e. The summed E-state index contributed by atoms with van der Waals surface area (Å²) in [4.78, 5) is 13.9. The Hall–Kier alpha value is -1.61. The number of hydrogen-bond acceptors (Lipinski definition) is 2. The van der Waals surface area contributed by atoms with Crippen molar-refractivity contribution in [1.82, 2.24) is 4.90 Å². The number of carbonyl (C=O) groups is 1. The Labute approximate surface area is 126 Å². The molecule has 3 heteroatoms. The van der Waals surface area contributed by atoms with E-state index in [9.17, 15) is 9.90 Å². The van der Waals surface area contributed by atoms with Gasteiger partial charge in [0.1, 0.15) is 0 Å². The van der Waals surface area contributed by atoms with E-state index < -0.39 is 5.97 Å². The molecule has 0 atom stereocenters. The van der Waals surface area contributed by atoms with E-state index in [-0.39, 0.29) is 0 Å². The Bertz CT molecular complexity index is 534. The number of carboxylic acids is 1. The summed E-state index contributed by atoms with van der Waals surface area (Å²) in [5.41, 5.74) is 2.63. The molecule has 0 spiro atoms. The van der Waals surface area contributed by atoms with Crippen LogP contribution in [-0.4, -0.2) is 35.1 Å². The number of hydrogen-bond donors (Lipinski definition) is 1. The van der Waals surface area contributed by atoms with Crippen LogP contribution in [0.2, 0.25) is 0 Å². The monoisotopic (exact) mass is 285 g/mol. The van der Waals surface area contributed by atoms with Crippen molar-refractivity contribution < 1.29 is 9.90 Å². The van der Waals surface area contributed by atoms with E-state index in [1.807, 2.05) is 12.1 Å². The summed E-state index contributed by atoms with van der Waals surface area (Å²) in [7, 11) is 0. The van der Waals surface area contributed by atoms with Crippen LogP contribution in [0.1, 0.15) is 54.4 Å². The molecule has 0 radical (unpaired) electrons. The van der Waals surface area contributed by atoms with Crippen LogP contribution in [0, 0.1) is 0 Å². The van der Waals surface area contributed by atoms with Gasteiger partial charge in [0.15, 0.2) is 0 Å². The molecule has 0 unspecified atom stereocenters. The minimum atomic E-state index is -0.842. The SMILES string of the molecule is O=C(O)c1ccccc1C=C1CCN(C2CCCC2)CC1. The molecule has 1 aromatic rings. The van der Waals surface area contributed by atoms with Crippen LogP contribution in [-0.2, 0) is 0 Å². The lowest BCUT2D eigenvalue weighted by Gasteiger charge is -2.33. The lowest BCUT2D eigenvalue weighted by atomic mass is 9.97. The molecule has 3 rings (SSSR count). The highest BCUT2D eigenvalue weighted by atomic mass is 16.4. The molecule has 1 aromatic carbocycles. The summed E-state index contributed by atoms with van der Waals surface area (Å²) in [5.74, 6) is -0.842. The Morgan fingerprint density at radius 2 is 1.81 bits per heavy atom. The van der Waals surface area contributed by atoms with Crippen LogP contribution in [0.25, 0.3) is 6.08 Å². The van der Waals surface area contributed by atoms with Crippen molar-refractivity contribution in [2.45, 2.75) is 44.6 Å². The number of piperidine rings is 1. The lowest BCUT2D eigenvalue weighted by molar-refractivity contribution is 0.0696. The van der Waals surface area contributed by atoms with Gasteiger partial charge in [-0.25, -0.2) is 4.79 Å². The highest BCUT2D eigenvalue weighted by Gasteiger charge is 2.24. The molecule has 1 N–H and O–H groups in total. The fraction of sp³-hybridized carbons (Fsp3) is 0.500. The van der Waals surface area contributed by atoms with Gasteiger partial charge in [-0.3, -0.25) is 4.90 Å². The Morgan fingerprint density at radius 3 is 2.48 bits per heavy atom.